The summed E-state index contributed by atoms with van der Waals surface area (Å²) in [6.07, 6.45) is 2.70. The lowest BCUT2D eigenvalue weighted by Gasteiger charge is -2.27. The Balaban J connectivity index is 0.000000280. The molecule has 0 saturated carbocycles. The highest BCUT2D eigenvalue weighted by Crippen LogP contribution is 2.37. The van der Waals surface area contributed by atoms with Crippen LogP contribution < -0.4 is 10.2 Å². The van der Waals surface area contributed by atoms with Gasteiger partial charge in [-0.25, -0.2) is 4.79 Å². The molecule has 1 heterocycles. The third-order valence-corrected chi connectivity index (χ3v) is 6.16. The predicted molar refractivity (Wildman–Crippen MR) is 159 cm³/mol. The zero-order chi connectivity index (χ0) is 26.1. The zero-order valence-electron chi connectivity index (χ0n) is 21.8. The normalized spacial score (nSPS) is 11.9. The minimum atomic E-state index is -0.470. The van der Waals surface area contributed by atoms with Gasteiger partial charge in [0.2, 0.25) is 0 Å². The summed E-state index contributed by atoms with van der Waals surface area (Å²) in [5.41, 5.74) is 6.06. The van der Waals surface area contributed by atoms with E-state index in [1.165, 1.54) is 22.5 Å². The molecule has 0 aliphatic carbocycles. The molecule has 37 heavy (non-hydrogen) atoms. The van der Waals surface area contributed by atoms with Crippen molar-refractivity contribution in [3.8, 4) is 0 Å². The molecule has 0 atom stereocenters. The molecule has 0 fully saturated rings. The van der Waals surface area contributed by atoms with Gasteiger partial charge in [-0.3, -0.25) is 5.32 Å². The number of halogens is 3. The fourth-order valence-corrected chi connectivity index (χ4v) is 4.45. The molecule has 200 valence electrons. The molecule has 0 aromatic heterocycles. The quantitative estimate of drug-likeness (QED) is 0.327. The van der Waals surface area contributed by atoms with Crippen LogP contribution in [0.3, 0.4) is 0 Å². The average molecular weight is 565 g/mol. The number of fused-ring (bicyclic) bond motifs is 2. The van der Waals surface area contributed by atoms with Crippen LogP contribution in [0.5, 0.6) is 0 Å². The number of carbonyl (C=O) groups is 1. The molecule has 0 saturated heterocycles. The zero-order valence-corrected chi connectivity index (χ0v) is 24.2. The van der Waals surface area contributed by atoms with Crippen molar-refractivity contribution in [1.29, 1.82) is 0 Å². The predicted octanol–water partition coefficient (Wildman–Crippen LogP) is 8.25. The third-order valence-electron chi connectivity index (χ3n) is 5.69. The fraction of sp³-hybridized carbons (Fsp3) is 0.345. The first-order valence-electron chi connectivity index (χ1n) is 12.2. The molecular weight excluding hydrogens is 529 g/mol. The van der Waals surface area contributed by atoms with Crippen molar-refractivity contribution in [2.75, 3.05) is 37.4 Å². The highest BCUT2D eigenvalue weighted by Gasteiger charge is 2.20. The van der Waals surface area contributed by atoms with Crippen molar-refractivity contribution in [2.45, 2.75) is 39.2 Å². The number of aryl methyl sites for hydroxylation is 2. The highest BCUT2D eigenvalue weighted by molar-refractivity contribution is 6.31. The first-order chi connectivity index (χ1) is 17.2. The van der Waals surface area contributed by atoms with E-state index in [2.05, 4.69) is 65.6 Å². The van der Waals surface area contributed by atoms with E-state index in [-0.39, 0.29) is 18.5 Å². The average Bonchev–Trinajstić information content (AvgIpc) is 2.96. The number of ether oxygens (including phenoxy) is 1. The van der Waals surface area contributed by atoms with Gasteiger partial charge in [-0.15, -0.1) is 12.4 Å². The van der Waals surface area contributed by atoms with Crippen LogP contribution in [0.4, 0.5) is 21.9 Å². The van der Waals surface area contributed by atoms with Crippen LogP contribution >= 0.6 is 35.6 Å². The molecule has 5 nitrogen and oxygen atoms in total. The Morgan fingerprint density at radius 3 is 2.30 bits per heavy atom. The van der Waals surface area contributed by atoms with Gasteiger partial charge in [0.05, 0.1) is 6.10 Å². The standard InChI is InChI=1S/C19H23ClN2.C10H12ClNO2.ClH/c1-21(2)12-5-13-22-18-7-4-3-6-15(18)8-9-16-10-11-17(20)14-19(16)22;1-7(2)14-10(13)12-9-5-3-4-8(11)6-9;/h3-4,6-7,10-11,14H,5,8-9,12-13H2,1-2H3;3-7H,1-2H3,(H,12,13);1H. The Morgan fingerprint density at radius 2 is 1.62 bits per heavy atom. The molecule has 1 aliphatic heterocycles. The van der Waals surface area contributed by atoms with E-state index < -0.39 is 6.09 Å². The van der Waals surface area contributed by atoms with E-state index in [1.807, 2.05) is 6.07 Å². The van der Waals surface area contributed by atoms with Gasteiger partial charge < -0.3 is 14.5 Å². The summed E-state index contributed by atoms with van der Waals surface area (Å²) in [5.74, 6) is 0. The summed E-state index contributed by atoms with van der Waals surface area (Å²) in [4.78, 5) is 15.8. The summed E-state index contributed by atoms with van der Waals surface area (Å²) in [5, 5.41) is 3.96. The van der Waals surface area contributed by atoms with Crippen molar-refractivity contribution in [1.82, 2.24) is 4.90 Å². The van der Waals surface area contributed by atoms with Crippen LogP contribution in [0, 0.1) is 0 Å². The third kappa shape index (κ3) is 9.75. The van der Waals surface area contributed by atoms with E-state index in [4.69, 9.17) is 27.9 Å². The smallest absolute Gasteiger partial charge is 0.411 e. The first-order valence-corrected chi connectivity index (χ1v) is 13.0. The van der Waals surface area contributed by atoms with Crippen molar-refractivity contribution in [2.24, 2.45) is 0 Å². The molecular formula is C29H36Cl3N3O2. The van der Waals surface area contributed by atoms with Crippen molar-refractivity contribution in [3.63, 3.8) is 0 Å². The summed E-state index contributed by atoms with van der Waals surface area (Å²) < 4.78 is 4.90. The molecule has 0 spiro atoms. The molecule has 0 radical (unpaired) electrons. The Bertz CT molecular complexity index is 1150. The Hall–Kier alpha value is -2.44. The molecule has 0 unspecified atom stereocenters. The maximum absolute atomic E-state index is 11.2. The van der Waals surface area contributed by atoms with Crippen LogP contribution in [0.1, 0.15) is 31.4 Å². The summed E-state index contributed by atoms with van der Waals surface area (Å²) in [6, 6.07) is 22.0. The van der Waals surface area contributed by atoms with Crippen molar-refractivity contribution in [3.05, 3.63) is 87.9 Å². The Kier molecular flexibility index (Phi) is 12.6. The highest BCUT2D eigenvalue weighted by atomic mass is 35.5. The van der Waals surface area contributed by atoms with Gasteiger partial charge in [0.1, 0.15) is 0 Å². The van der Waals surface area contributed by atoms with E-state index in [9.17, 15) is 4.79 Å². The number of nitrogens with zero attached hydrogens (tertiary/aromatic N) is 2. The van der Waals surface area contributed by atoms with Crippen LogP contribution in [0.25, 0.3) is 0 Å². The first kappa shape index (κ1) is 30.8. The Morgan fingerprint density at radius 1 is 0.946 bits per heavy atom. The van der Waals surface area contributed by atoms with Gasteiger partial charge in [-0.05, 0) is 101 Å². The lowest BCUT2D eigenvalue weighted by atomic mass is 10.0. The number of carbonyl (C=O) groups excluding carboxylic acids is 1. The molecule has 1 amide bonds. The van der Waals surface area contributed by atoms with Gasteiger partial charge in [-0.2, -0.15) is 0 Å². The largest absolute Gasteiger partial charge is 0.447 e. The van der Waals surface area contributed by atoms with Crippen LogP contribution in [0.15, 0.2) is 66.7 Å². The van der Waals surface area contributed by atoms with E-state index in [1.54, 1.807) is 38.1 Å². The van der Waals surface area contributed by atoms with E-state index in [0.29, 0.717) is 10.7 Å². The lowest BCUT2D eigenvalue weighted by Crippen LogP contribution is -2.24. The van der Waals surface area contributed by atoms with Gasteiger partial charge >= 0.3 is 6.09 Å². The minimum absolute atomic E-state index is 0. The fourth-order valence-electron chi connectivity index (χ4n) is 4.10. The second-order valence-electron chi connectivity index (χ2n) is 9.30. The number of hydrogen-bond donors (Lipinski definition) is 1. The molecule has 4 rings (SSSR count). The molecule has 0 bridgehead atoms. The van der Waals surface area contributed by atoms with Gasteiger partial charge in [0.25, 0.3) is 0 Å². The van der Waals surface area contributed by atoms with E-state index >= 15 is 0 Å². The summed E-state index contributed by atoms with van der Waals surface area (Å²) in [6.45, 7) is 5.69. The van der Waals surface area contributed by atoms with Crippen molar-refractivity contribution >= 4 is 58.8 Å². The molecule has 1 aliphatic rings. The number of para-hydroxylation sites is 1. The van der Waals surface area contributed by atoms with Crippen LogP contribution in [-0.4, -0.2) is 44.3 Å². The molecule has 8 heteroatoms. The van der Waals surface area contributed by atoms with Gasteiger partial charge in [0, 0.05) is 33.7 Å². The van der Waals surface area contributed by atoms with Gasteiger partial charge in [-0.1, -0.05) is 53.5 Å². The minimum Gasteiger partial charge on any atom is -0.447 e. The molecule has 3 aromatic carbocycles. The maximum Gasteiger partial charge on any atom is 0.411 e. The number of amides is 1. The van der Waals surface area contributed by atoms with Crippen LogP contribution in [0.2, 0.25) is 10.0 Å². The molecule has 1 N–H and O–H groups in total. The number of benzene rings is 3. The second kappa shape index (κ2) is 15.1. The van der Waals surface area contributed by atoms with E-state index in [0.717, 1.165) is 37.4 Å². The topological polar surface area (TPSA) is 44.8 Å². The maximum atomic E-state index is 11.2. The number of hydrogen-bond acceptors (Lipinski definition) is 4. The monoisotopic (exact) mass is 563 g/mol. The second-order valence-corrected chi connectivity index (χ2v) is 10.2. The SMILES string of the molecule is CC(C)OC(=O)Nc1cccc(Cl)c1.CN(C)CCCN1c2ccccc2CCc2ccc(Cl)cc21.Cl. The number of rotatable bonds is 6. The lowest BCUT2D eigenvalue weighted by molar-refractivity contribution is 0.130. The number of nitrogens with one attached hydrogen (secondary N) is 1. The van der Waals surface area contributed by atoms with Crippen molar-refractivity contribution < 1.29 is 9.53 Å². The molecule has 3 aromatic rings. The van der Waals surface area contributed by atoms with Gasteiger partial charge in [0.15, 0.2) is 0 Å². The summed E-state index contributed by atoms with van der Waals surface area (Å²) >= 11 is 12.0. The Labute approximate surface area is 237 Å². The summed E-state index contributed by atoms with van der Waals surface area (Å²) in [7, 11) is 4.25. The van der Waals surface area contributed by atoms with Crippen LogP contribution in [-0.2, 0) is 17.6 Å². The number of anilines is 3.